The summed E-state index contributed by atoms with van der Waals surface area (Å²) in [7, 11) is 0. The van der Waals surface area contributed by atoms with Crippen LogP contribution < -0.4 is 0 Å². The van der Waals surface area contributed by atoms with Gasteiger partial charge >= 0.3 is 0 Å². The highest BCUT2D eigenvalue weighted by molar-refractivity contribution is 5.97. The van der Waals surface area contributed by atoms with Crippen LogP contribution in [0.4, 0.5) is 0 Å². The number of hydrogen-bond donors (Lipinski definition) is 0. The van der Waals surface area contributed by atoms with Gasteiger partial charge in [0.2, 0.25) is 11.8 Å². The molecule has 4 nitrogen and oxygen atoms in total. The van der Waals surface area contributed by atoms with Gasteiger partial charge in [0.1, 0.15) is 12.1 Å². The quantitative estimate of drug-likeness (QED) is 0.743. The van der Waals surface area contributed by atoms with Crippen LogP contribution in [-0.2, 0) is 9.59 Å². The second-order valence-corrected chi connectivity index (χ2v) is 6.50. The summed E-state index contributed by atoms with van der Waals surface area (Å²) in [6, 6.07) is -0.415. The standard InChI is InChI=1S/C14H22N2O2/c1-10-12(17)15-8-3-5-11(15)13(18)16(10)9-14(2)6-4-7-14/h10-11H,3-9H2,1-2H3. The monoisotopic (exact) mass is 250 g/mol. The number of fused-ring (bicyclic) bond motifs is 1. The molecule has 0 aromatic carbocycles. The van der Waals surface area contributed by atoms with Crippen LogP contribution >= 0.6 is 0 Å². The second-order valence-electron chi connectivity index (χ2n) is 6.50. The van der Waals surface area contributed by atoms with Crippen molar-refractivity contribution in [1.82, 2.24) is 9.80 Å². The molecule has 2 atom stereocenters. The van der Waals surface area contributed by atoms with Gasteiger partial charge in [-0.05, 0) is 38.0 Å². The van der Waals surface area contributed by atoms with Crippen LogP contribution in [0.2, 0.25) is 0 Å². The van der Waals surface area contributed by atoms with Gasteiger partial charge in [0, 0.05) is 13.1 Å². The highest BCUT2D eigenvalue weighted by Gasteiger charge is 2.48. The van der Waals surface area contributed by atoms with E-state index in [1.165, 1.54) is 19.3 Å². The van der Waals surface area contributed by atoms with E-state index in [2.05, 4.69) is 6.92 Å². The average molecular weight is 250 g/mol. The van der Waals surface area contributed by atoms with Crippen LogP contribution in [0, 0.1) is 5.41 Å². The van der Waals surface area contributed by atoms with Crippen molar-refractivity contribution >= 4 is 11.8 Å². The first-order valence-electron chi connectivity index (χ1n) is 7.13. The van der Waals surface area contributed by atoms with Gasteiger partial charge in [-0.2, -0.15) is 0 Å². The van der Waals surface area contributed by atoms with Crippen molar-refractivity contribution < 1.29 is 9.59 Å². The molecule has 2 amide bonds. The fraction of sp³-hybridized carbons (Fsp3) is 0.857. The van der Waals surface area contributed by atoms with Crippen LogP contribution in [0.25, 0.3) is 0 Å². The Morgan fingerprint density at radius 3 is 2.56 bits per heavy atom. The fourth-order valence-electron chi connectivity index (χ4n) is 3.61. The van der Waals surface area contributed by atoms with E-state index < -0.39 is 0 Å². The average Bonchev–Trinajstić information content (AvgIpc) is 2.79. The first kappa shape index (κ1) is 12.0. The third-order valence-electron chi connectivity index (χ3n) is 5.04. The zero-order valence-electron chi connectivity index (χ0n) is 11.3. The van der Waals surface area contributed by atoms with Crippen molar-refractivity contribution in [2.24, 2.45) is 5.41 Å². The normalized spacial score (nSPS) is 34.6. The predicted molar refractivity (Wildman–Crippen MR) is 67.9 cm³/mol. The summed E-state index contributed by atoms with van der Waals surface area (Å²) in [5.41, 5.74) is 0.255. The highest BCUT2D eigenvalue weighted by Crippen LogP contribution is 2.42. The summed E-state index contributed by atoms with van der Waals surface area (Å²) in [6.45, 7) is 5.66. The van der Waals surface area contributed by atoms with E-state index >= 15 is 0 Å². The van der Waals surface area contributed by atoms with Crippen LogP contribution in [0.5, 0.6) is 0 Å². The summed E-state index contributed by atoms with van der Waals surface area (Å²) in [4.78, 5) is 28.5. The van der Waals surface area contributed by atoms with Crippen molar-refractivity contribution in [3.05, 3.63) is 0 Å². The SMILES string of the molecule is CC1C(=O)N2CCCC2C(=O)N1CC1(C)CCC1. The zero-order valence-corrected chi connectivity index (χ0v) is 11.3. The number of rotatable bonds is 2. The van der Waals surface area contributed by atoms with Crippen molar-refractivity contribution in [3.8, 4) is 0 Å². The van der Waals surface area contributed by atoms with Gasteiger partial charge < -0.3 is 9.80 Å². The Kier molecular flexibility index (Phi) is 2.65. The Bertz CT molecular complexity index is 389. The van der Waals surface area contributed by atoms with E-state index in [1.807, 2.05) is 11.8 Å². The lowest BCUT2D eigenvalue weighted by molar-refractivity contribution is -0.161. The molecule has 0 bridgehead atoms. The lowest BCUT2D eigenvalue weighted by Crippen LogP contribution is -2.63. The molecule has 4 heteroatoms. The fourth-order valence-corrected chi connectivity index (χ4v) is 3.61. The molecule has 0 N–H and O–H groups in total. The lowest BCUT2D eigenvalue weighted by Gasteiger charge is -2.47. The molecule has 2 unspecified atom stereocenters. The maximum absolute atomic E-state index is 12.5. The molecule has 0 spiro atoms. The molecule has 2 saturated heterocycles. The van der Waals surface area contributed by atoms with E-state index in [-0.39, 0.29) is 29.3 Å². The van der Waals surface area contributed by atoms with Crippen LogP contribution in [0.1, 0.15) is 46.0 Å². The number of carbonyl (C=O) groups is 2. The van der Waals surface area contributed by atoms with Crippen molar-refractivity contribution in [1.29, 1.82) is 0 Å². The number of piperazine rings is 1. The molecule has 1 aliphatic carbocycles. The predicted octanol–water partition coefficient (Wildman–Crippen LogP) is 1.40. The molecule has 2 heterocycles. The molecule has 18 heavy (non-hydrogen) atoms. The molecule has 0 radical (unpaired) electrons. The Morgan fingerprint density at radius 1 is 1.22 bits per heavy atom. The van der Waals surface area contributed by atoms with E-state index in [4.69, 9.17) is 0 Å². The third kappa shape index (κ3) is 1.65. The number of hydrogen-bond acceptors (Lipinski definition) is 2. The van der Waals surface area contributed by atoms with Gasteiger partial charge in [0.25, 0.3) is 0 Å². The molecular formula is C14H22N2O2. The van der Waals surface area contributed by atoms with Crippen molar-refractivity contribution in [2.45, 2.75) is 58.0 Å². The summed E-state index contributed by atoms with van der Waals surface area (Å²) >= 11 is 0. The van der Waals surface area contributed by atoms with E-state index in [0.717, 1.165) is 25.9 Å². The topological polar surface area (TPSA) is 40.6 Å². The smallest absolute Gasteiger partial charge is 0.246 e. The Balaban J connectivity index is 1.80. The maximum Gasteiger partial charge on any atom is 0.246 e. The van der Waals surface area contributed by atoms with E-state index in [0.29, 0.717) is 0 Å². The summed E-state index contributed by atoms with van der Waals surface area (Å²) in [6.07, 6.45) is 5.46. The first-order chi connectivity index (χ1) is 8.52. The molecule has 3 aliphatic rings. The van der Waals surface area contributed by atoms with Gasteiger partial charge in [-0.15, -0.1) is 0 Å². The minimum absolute atomic E-state index is 0.153. The van der Waals surface area contributed by atoms with Gasteiger partial charge in [-0.25, -0.2) is 0 Å². The largest absolute Gasteiger partial charge is 0.329 e. The van der Waals surface area contributed by atoms with Crippen molar-refractivity contribution in [2.75, 3.05) is 13.1 Å². The molecular weight excluding hydrogens is 228 g/mol. The Hall–Kier alpha value is -1.06. The van der Waals surface area contributed by atoms with Crippen molar-refractivity contribution in [3.63, 3.8) is 0 Å². The van der Waals surface area contributed by atoms with Crippen LogP contribution in [-0.4, -0.2) is 46.8 Å². The van der Waals surface area contributed by atoms with Gasteiger partial charge in [0.15, 0.2) is 0 Å². The van der Waals surface area contributed by atoms with E-state index in [1.54, 1.807) is 4.90 Å². The summed E-state index contributed by atoms with van der Waals surface area (Å²) < 4.78 is 0. The highest BCUT2D eigenvalue weighted by atomic mass is 16.2. The molecule has 1 saturated carbocycles. The third-order valence-corrected chi connectivity index (χ3v) is 5.04. The Labute approximate surface area is 108 Å². The maximum atomic E-state index is 12.5. The van der Waals surface area contributed by atoms with Gasteiger partial charge in [-0.1, -0.05) is 13.3 Å². The minimum atomic E-state index is -0.260. The molecule has 0 aromatic heterocycles. The molecule has 100 valence electrons. The number of nitrogens with zero attached hydrogens (tertiary/aromatic N) is 2. The second kappa shape index (κ2) is 3.97. The molecule has 3 rings (SSSR count). The zero-order chi connectivity index (χ0) is 12.9. The molecule has 3 fully saturated rings. The number of carbonyl (C=O) groups excluding carboxylic acids is 2. The van der Waals surface area contributed by atoms with Crippen LogP contribution in [0.3, 0.4) is 0 Å². The first-order valence-corrected chi connectivity index (χ1v) is 7.13. The molecule has 2 aliphatic heterocycles. The lowest BCUT2D eigenvalue weighted by atomic mass is 9.70. The van der Waals surface area contributed by atoms with Crippen LogP contribution in [0.15, 0.2) is 0 Å². The number of amides is 2. The molecule has 0 aromatic rings. The summed E-state index contributed by atoms with van der Waals surface area (Å²) in [5, 5.41) is 0. The van der Waals surface area contributed by atoms with E-state index in [9.17, 15) is 9.59 Å². The Morgan fingerprint density at radius 2 is 1.94 bits per heavy atom. The van der Waals surface area contributed by atoms with Gasteiger partial charge in [-0.3, -0.25) is 9.59 Å². The van der Waals surface area contributed by atoms with Gasteiger partial charge in [0.05, 0.1) is 0 Å². The summed E-state index contributed by atoms with van der Waals surface area (Å²) in [5.74, 6) is 0.341. The minimum Gasteiger partial charge on any atom is -0.329 e.